The van der Waals surface area contributed by atoms with Crippen LogP contribution >= 0.6 is 0 Å². The van der Waals surface area contributed by atoms with E-state index in [0.717, 1.165) is 0 Å². The van der Waals surface area contributed by atoms with E-state index in [2.05, 4.69) is 20.4 Å². The van der Waals surface area contributed by atoms with Gasteiger partial charge in [-0.15, -0.1) is 0 Å². The first-order valence-electron chi connectivity index (χ1n) is 3.02. The lowest BCUT2D eigenvalue weighted by Gasteiger charge is -1.86. The fourth-order valence-corrected chi connectivity index (χ4v) is 0.879. The molecule has 54 valence electrons. The molecule has 0 fully saturated rings. The summed E-state index contributed by atoms with van der Waals surface area (Å²) in [6.07, 6.45) is 2.18. The van der Waals surface area contributed by atoms with Crippen LogP contribution in [-0.2, 0) is 0 Å². The van der Waals surface area contributed by atoms with Gasteiger partial charge in [0.25, 0.3) is 0 Å². The highest BCUT2D eigenvalue weighted by Gasteiger charge is 2.02. The topological polar surface area (TPSA) is 71.5 Å². The minimum absolute atomic E-state index is 0.316. The number of H-pyrrole nitrogens is 1. The van der Waals surface area contributed by atoms with Gasteiger partial charge in [0.2, 0.25) is 0 Å². The van der Waals surface area contributed by atoms with Crippen LogP contribution in [0.1, 0.15) is 10.5 Å². The van der Waals surface area contributed by atoms with Crippen molar-refractivity contribution in [3.05, 3.63) is 18.0 Å². The molecule has 0 aliphatic rings. The Kier molecular flexibility index (Phi) is 1.15. The molecule has 0 unspecified atom stereocenters. The first kappa shape index (κ1) is 5.96. The first-order valence-corrected chi connectivity index (χ1v) is 3.02. The fourth-order valence-electron chi connectivity index (χ4n) is 0.879. The summed E-state index contributed by atoms with van der Waals surface area (Å²) in [7, 11) is 0. The van der Waals surface area contributed by atoms with Crippen LogP contribution in [0.15, 0.2) is 12.3 Å². The molecule has 0 saturated carbocycles. The zero-order chi connectivity index (χ0) is 7.68. The maximum atomic E-state index is 10.4. The average Bonchev–Trinajstić information content (AvgIpc) is 2.50. The van der Waals surface area contributed by atoms with Crippen molar-refractivity contribution in [2.24, 2.45) is 0 Å². The van der Waals surface area contributed by atoms with E-state index in [0.29, 0.717) is 23.0 Å². The highest BCUT2D eigenvalue weighted by molar-refractivity contribution is 5.90. The largest absolute Gasteiger partial charge is 0.296 e. The smallest absolute Gasteiger partial charge is 0.170 e. The number of hydrogen-bond donors (Lipinski definition) is 1. The SMILES string of the molecule is O=Cc1nccc2n[nH]nc12. The van der Waals surface area contributed by atoms with E-state index in [9.17, 15) is 4.79 Å². The van der Waals surface area contributed by atoms with E-state index in [1.807, 2.05) is 0 Å². The monoisotopic (exact) mass is 148 g/mol. The van der Waals surface area contributed by atoms with E-state index in [1.165, 1.54) is 6.20 Å². The van der Waals surface area contributed by atoms with Gasteiger partial charge in [0.05, 0.1) is 0 Å². The van der Waals surface area contributed by atoms with Gasteiger partial charge in [-0.3, -0.25) is 9.78 Å². The van der Waals surface area contributed by atoms with E-state index in [-0.39, 0.29) is 0 Å². The number of aromatic nitrogens is 4. The lowest BCUT2D eigenvalue weighted by Crippen LogP contribution is -1.86. The van der Waals surface area contributed by atoms with Crippen LogP contribution < -0.4 is 0 Å². The van der Waals surface area contributed by atoms with Crippen LogP contribution in [0.3, 0.4) is 0 Å². The molecule has 0 spiro atoms. The zero-order valence-corrected chi connectivity index (χ0v) is 5.48. The van der Waals surface area contributed by atoms with Crippen molar-refractivity contribution in [2.45, 2.75) is 0 Å². The molecular weight excluding hydrogens is 144 g/mol. The summed E-state index contributed by atoms with van der Waals surface area (Å²) >= 11 is 0. The number of rotatable bonds is 1. The molecular formula is C6H4N4O. The number of carbonyl (C=O) groups excluding carboxylic acids is 1. The molecule has 2 heterocycles. The van der Waals surface area contributed by atoms with Crippen molar-refractivity contribution in [1.82, 2.24) is 20.4 Å². The highest BCUT2D eigenvalue weighted by atomic mass is 16.1. The van der Waals surface area contributed by atoms with Gasteiger partial charge in [0.1, 0.15) is 16.7 Å². The molecule has 0 atom stereocenters. The van der Waals surface area contributed by atoms with Crippen LogP contribution in [0.25, 0.3) is 11.0 Å². The lowest BCUT2D eigenvalue weighted by molar-refractivity contribution is 0.112. The predicted molar refractivity (Wildman–Crippen MR) is 37.1 cm³/mol. The van der Waals surface area contributed by atoms with Crippen molar-refractivity contribution in [3.63, 3.8) is 0 Å². The van der Waals surface area contributed by atoms with Crippen LogP contribution in [0.5, 0.6) is 0 Å². The number of nitrogens with zero attached hydrogens (tertiary/aromatic N) is 3. The van der Waals surface area contributed by atoms with Crippen LogP contribution in [0, 0.1) is 0 Å². The van der Waals surface area contributed by atoms with Gasteiger partial charge < -0.3 is 0 Å². The molecule has 0 aromatic carbocycles. The van der Waals surface area contributed by atoms with Gasteiger partial charge in [-0.1, -0.05) is 0 Å². The third-order valence-electron chi connectivity index (χ3n) is 1.38. The molecule has 5 nitrogen and oxygen atoms in total. The van der Waals surface area contributed by atoms with E-state index < -0.39 is 0 Å². The minimum Gasteiger partial charge on any atom is -0.296 e. The number of hydrogen-bond acceptors (Lipinski definition) is 4. The number of fused-ring (bicyclic) bond motifs is 1. The summed E-state index contributed by atoms with van der Waals surface area (Å²) in [5, 5.41) is 9.97. The molecule has 0 radical (unpaired) electrons. The maximum absolute atomic E-state index is 10.4. The lowest BCUT2D eigenvalue weighted by atomic mass is 10.3. The molecule has 0 aliphatic carbocycles. The Labute approximate surface area is 61.4 Å². The Hall–Kier alpha value is -1.78. The maximum Gasteiger partial charge on any atom is 0.170 e. The van der Waals surface area contributed by atoms with Gasteiger partial charge in [-0.25, -0.2) is 0 Å². The van der Waals surface area contributed by atoms with Gasteiger partial charge in [-0.2, -0.15) is 15.4 Å². The second kappa shape index (κ2) is 2.12. The number of carbonyl (C=O) groups is 1. The van der Waals surface area contributed by atoms with Gasteiger partial charge >= 0.3 is 0 Å². The van der Waals surface area contributed by atoms with E-state index >= 15 is 0 Å². The number of aromatic amines is 1. The minimum atomic E-state index is 0.316. The van der Waals surface area contributed by atoms with E-state index in [1.54, 1.807) is 6.07 Å². The van der Waals surface area contributed by atoms with Crippen molar-refractivity contribution >= 4 is 17.3 Å². The Bertz CT molecular complexity index is 394. The van der Waals surface area contributed by atoms with E-state index in [4.69, 9.17) is 0 Å². The van der Waals surface area contributed by atoms with Gasteiger partial charge in [-0.05, 0) is 6.07 Å². The summed E-state index contributed by atoms with van der Waals surface area (Å²) in [6, 6.07) is 1.69. The third kappa shape index (κ3) is 0.778. The van der Waals surface area contributed by atoms with Gasteiger partial charge in [0.15, 0.2) is 6.29 Å². The second-order valence-corrected chi connectivity index (χ2v) is 2.01. The molecule has 2 aromatic rings. The highest BCUT2D eigenvalue weighted by Crippen LogP contribution is 2.07. The Morgan fingerprint density at radius 2 is 2.36 bits per heavy atom. The van der Waals surface area contributed by atoms with Gasteiger partial charge in [0, 0.05) is 6.20 Å². The zero-order valence-electron chi connectivity index (χ0n) is 5.48. The molecule has 0 aliphatic heterocycles. The van der Waals surface area contributed by atoms with Crippen LogP contribution in [0.2, 0.25) is 0 Å². The summed E-state index contributed by atoms with van der Waals surface area (Å²) in [6.45, 7) is 0. The molecule has 1 N–H and O–H groups in total. The third-order valence-corrected chi connectivity index (χ3v) is 1.38. The Morgan fingerprint density at radius 1 is 1.45 bits per heavy atom. The molecule has 0 saturated heterocycles. The molecule has 2 rings (SSSR count). The summed E-state index contributed by atoms with van der Waals surface area (Å²) in [4.78, 5) is 14.2. The molecule has 2 aromatic heterocycles. The average molecular weight is 148 g/mol. The first-order chi connectivity index (χ1) is 5.42. The molecule has 11 heavy (non-hydrogen) atoms. The predicted octanol–water partition coefficient (Wildman–Crippen LogP) is 0.165. The quantitative estimate of drug-likeness (QED) is 0.585. The van der Waals surface area contributed by atoms with Crippen molar-refractivity contribution in [2.75, 3.05) is 0 Å². The van der Waals surface area contributed by atoms with Crippen molar-refractivity contribution in [3.8, 4) is 0 Å². The number of aldehydes is 1. The number of nitrogens with one attached hydrogen (secondary N) is 1. The second-order valence-electron chi connectivity index (χ2n) is 2.01. The summed E-state index contributed by atoms with van der Waals surface area (Å²) in [5.74, 6) is 0. The number of pyridine rings is 1. The Morgan fingerprint density at radius 3 is 3.18 bits per heavy atom. The van der Waals surface area contributed by atoms with Crippen molar-refractivity contribution in [1.29, 1.82) is 0 Å². The Balaban J connectivity index is 2.88. The molecule has 0 bridgehead atoms. The van der Waals surface area contributed by atoms with Crippen molar-refractivity contribution < 1.29 is 4.79 Å². The normalized spacial score (nSPS) is 10.2. The fraction of sp³-hybridized carbons (Fsp3) is 0. The van der Waals surface area contributed by atoms with Crippen LogP contribution in [0.4, 0.5) is 0 Å². The standard InChI is InChI=1S/C6H4N4O/c11-3-5-6-4(1-2-7-5)8-10-9-6/h1-3H,(H,8,9,10). The summed E-state index contributed by atoms with van der Waals surface area (Å²) in [5.41, 5.74) is 1.49. The van der Waals surface area contributed by atoms with Crippen LogP contribution in [-0.4, -0.2) is 26.7 Å². The summed E-state index contributed by atoms with van der Waals surface area (Å²) < 4.78 is 0. The molecule has 0 amide bonds. The molecule has 5 heteroatoms.